The predicted molar refractivity (Wildman–Crippen MR) is 64.0 cm³/mol. The Morgan fingerprint density at radius 1 is 1.40 bits per heavy atom. The summed E-state index contributed by atoms with van der Waals surface area (Å²) in [4.78, 5) is 6.73. The lowest BCUT2D eigenvalue weighted by molar-refractivity contribution is 0.437. The molecule has 2 heterocycles. The van der Waals surface area contributed by atoms with Gasteiger partial charge in [-0.1, -0.05) is 6.92 Å². The van der Waals surface area contributed by atoms with Crippen LogP contribution in [0.2, 0.25) is 0 Å². The van der Waals surface area contributed by atoms with E-state index in [1.807, 2.05) is 19.2 Å². The van der Waals surface area contributed by atoms with E-state index in [1.165, 1.54) is 12.8 Å². The molecule has 3 nitrogen and oxygen atoms in total. The van der Waals surface area contributed by atoms with E-state index in [9.17, 15) is 0 Å². The first-order valence-corrected chi connectivity index (χ1v) is 5.64. The number of pyridine rings is 1. The second-order valence-corrected chi connectivity index (χ2v) is 4.60. The molecule has 1 aliphatic rings. The Hall–Kier alpha value is -1.25. The van der Waals surface area contributed by atoms with Crippen molar-refractivity contribution < 1.29 is 0 Å². The predicted octanol–water partition coefficient (Wildman–Crippen LogP) is 2.21. The second kappa shape index (κ2) is 4.09. The van der Waals surface area contributed by atoms with Gasteiger partial charge >= 0.3 is 0 Å². The van der Waals surface area contributed by atoms with Gasteiger partial charge < -0.3 is 10.6 Å². The quantitative estimate of drug-likeness (QED) is 0.764. The molecule has 0 aliphatic carbocycles. The van der Waals surface area contributed by atoms with Gasteiger partial charge in [0.15, 0.2) is 5.82 Å². The lowest BCUT2D eigenvalue weighted by Gasteiger charge is -2.31. The molecule has 0 unspecified atom stereocenters. The first-order chi connectivity index (χ1) is 7.16. The monoisotopic (exact) mass is 205 g/mol. The van der Waals surface area contributed by atoms with Crippen molar-refractivity contribution in [3.05, 3.63) is 17.8 Å². The van der Waals surface area contributed by atoms with Crippen LogP contribution in [0.15, 0.2) is 12.3 Å². The van der Waals surface area contributed by atoms with Crippen molar-refractivity contribution in [1.82, 2.24) is 4.98 Å². The summed E-state index contributed by atoms with van der Waals surface area (Å²) < 4.78 is 0. The summed E-state index contributed by atoms with van der Waals surface area (Å²) >= 11 is 0. The first kappa shape index (κ1) is 10.3. The van der Waals surface area contributed by atoms with Crippen LogP contribution < -0.4 is 10.6 Å². The van der Waals surface area contributed by atoms with E-state index >= 15 is 0 Å². The summed E-state index contributed by atoms with van der Waals surface area (Å²) in [5.74, 6) is 1.81. The summed E-state index contributed by atoms with van der Waals surface area (Å²) in [5.41, 5.74) is 7.92. The van der Waals surface area contributed by atoms with E-state index in [-0.39, 0.29) is 0 Å². The van der Waals surface area contributed by atoms with Crippen molar-refractivity contribution in [2.75, 3.05) is 23.7 Å². The lowest BCUT2D eigenvalue weighted by Crippen LogP contribution is -2.33. The average Bonchev–Trinajstić information content (AvgIpc) is 2.20. The number of nitrogens with zero attached hydrogens (tertiary/aromatic N) is 2. The Balaban J connectivity index is 2.15. The van der Waals surface area contributed by atoms with Crippen molar-refractivity contribution in [3.8, 4) is 0 Å². The number of piperidine rings is 1. The molecule has 15 heavy (non-hydrogen) atoms. The van der Waals surface area contributed by atoms with Gasteiger partial charge in [-0.05, 0) is 37.3 Å². The number of anilines is 2. The first-order valence-electron chi connectivity index (χ1n) is 5.64. The molecule has 2 rings (SSSR count). The zero-order valence-corrected chi connectivity index (χ0v) is 9.53. The Morgan fingerprint density at radius 2 is 2.07 bits per heavy atom. The minimum Gasteiger partial charge on any atom is -0.396 e. The van der Waals surface area contributed by atoms with Gasteiger partial charge in [0.25, 0.3) is 0 Å². The summed E-state index contributed by atoms with van der Waals surface area (Å²) in [7, 11) is 0. The van der Waals surface area contributed by atoms with Gasteiger partial charge in [-0.3, -0.25) is 0 Å². The third-order valence-corrected chi connectivity index (χ3v) is 3.12. The summed E-state index contributed by atoms with van der Waals surface area (Å²) in [5, 5.41) is 0. The molecule has 2 N–H and O–H groups in total. The molecule has 0 radical (unpaired) electrons. The Labute approximate surface area is 91.3 Å². The third-order valence-electron chi connectivity index (χ3n) is 3.12. The fourth-order valence-electron chi connectivity index (χ4n) is 2.07. The Kier molecular flexibility index (Phi) is 2.80. The molecule has 1 fully saturated rings. The van der Waals surface area contributed by atoms with E-state index in [4.69, 9.17) is 5.73 Å². The zero-order chi connectivity index (χ0) is 10.8. The minimum atomic E-state index is 0.810. The number of hydrogen-bond acceptors (Lipinski definition) is 3. The number of nitrogen functional groups attached to an aromatic ring is 1. The summed E-state index contributed by atoms with van der Waals surface area (Å²) in [6, 6.07) is 2.00. The van der Waals surface area contributed by atoms with Crippen LogP contribution in [-0.2, 0) is 0 Å². The van der Waals surface area contributed by atoms with Gasteiger partial charge in [0.2, 0.25) is 0 Å². The molecular weight excluding hydrogens is 186 g/mol. The second-order valence-electron chi connectivity index (χ2n) is 4.60. The van der Waals surface area contributed by atoms with Crippen LogP contribution in [0.25, 0.3) is 0 Å². The van der Waals surface area contributed by atoms with Gasteiger partial charge in [-0.15, -0.1) is 0 Å². The molecule has 0 aromatic carbocycles. The number of hydrogen-bond donors (Lipinski definition) is 1. The van der Waals surface area contributed by atoms with Gasteiger partial charge in [-0.2, -0.15) is 0 Å². The fraction of sp³-hybridized carbons (Fsp3) is 0.583. The molecule has 0 bridgehead atoms. The van der Waals surface area contributed by atoms with E-state index in [2.05, 4.69) is 16.8 Å². The lowest BCUT2D eigenvalue weighted by atomic mass is 9.99. The number of nitrogens with two attached hydrogens (primary N) is 1. The molecule has 0 amide bonds. The Morgan fingerprint density at radius 3 is 2.67 bits per heavy atom. The number of aryl methyl sites for hydroxylation is 1. The summed E-state index contributed by atoms with van der Waals surface area (Å²) in [6.45, 7) is 6.50. The average molecular weight is 205 g/mol. The fourth-order valence-corrected chi connectivity index (χ4v) is 2.07. The van der Waals surface area contributed by atoms with Crippen molar-refractivity contribution in [3.63, 3.8) is 0 Å². The molecule has 1 aromatic rings. The third kappa shape index (κ3) is 2.22. The molecule has 0 saturated carbocycles. The standard InChI is InChI=1S/C12H19N3/c1-9-3-5-15(6-4-9)12-11(13)7-10(2)8-14-12/h7-9H,3-6,13H2,1-2H3. The van der Waals surface area contributed by atoms with Crippen LogP contribution in [0.4, 0.5) is 11.5 Å². The van der Waals surface area contributed by atoms with Gasteiger partial charge in [0.05, 0.1) is 5.69 Å². The van der Waals surface area contributed by atoms with Gasteiger partial charge in [0.1, 0.15) is 0 Å². The minimum absolute atomic E-state index is 0.810. The van der Waals surface area contributed by atoms with Crippen LogP contribution >= 0.6 is 0 Å². The maximum absolute atomic E-state index is 5.98. The van der Waals surface area contributed by atoms with Crippen molar-refractivity contribution in [1.29, 1.82) is 0 Å². The highest BCUT2D eigenvalue weighted by molar-refractivity contribution is 5.63. The molecule has 1 saturated heterocycles. The SMILES string of the molecule is Cc1cnc(N2CCC(C)CC2)c(N)c1. The number of aromatic nitrogens is 1. The van der Waals surface area contributed by atoms with E-state index in [1.54, 1.807) is 0 Å². The highest BCUT2D eigenvalue weighted by Gasteiger charge is 2.18. The van der Waals surface area contributed by atoms with Crippen molar-refractivity contribution >= 4 is 11.5 Å². The molecule has 82 valence electrons. The highest BCUT2D eigenvalue weighted by atomic mass is 15.2. The van der Waals surface area contributed by atoms with Crippen LogP contribution in [-0.4, -0.2) is 18.1 Å². The molecule has 1 aromatic heterocycles. The van der Waals surface area contributed by atoms with Gasteiger partial charge in [0, 0.05) is 19.3 Å². The van der Waals surface area contributed by atoms with Crippen LogP contribution in [0.5, 0.6) is 0 Å². The van der Waals surface area contributed by atoms with Gasteiger partial charge in [-0.25, -0.2) is 4.98 Å². The number of rotatable bonds is 1. The normalized spacial score (nSPS) is 18.1. The maximum Gasteiger partial charge on any atom is 0.151 e. The molecule has 3 heteroatoms. The van der Waals surface area contributed by atoms with E-state index in [0.29, 0.717) is 0 Å². The molecule has 1 aliphatic heterocycles. The highest BCUT2D eigenvalue weighted by Crippen LogP contribution is 2.26. The smallest absolute Gasteiger partial charge is 0.151 e. The summed E-state index contributed by atoms with van der Waals surface area (Å²) in [6.07, 6.45) is 4.38. The van der Waals surface area contributed by atoms with Crippen molar-refractivity contribution in [2.24, 2.45) is 5.92 Å². The van der Waals surface area contributed by atoms with E-state index < -0.39 is 0 Å². The zero-order valence-electron chi connectivity index (χ0n) is 9.53. The Bertz CT molecular complexity index is 341. The van der Waals surface area contributed by atoms with E-state index in [0.717, 1.165) is 36.1 Å². The molecular formula is C12H19N3. The topological polar surface area (TPSA) is 42.2 Å². The largest absolute Gasteiger partial charge is 0.396 e. The van der Waals surface area contributed by atoms with Crippen LogP contribution in [0.3, 0.4) is 0 Å². The van der Waals surface area contributed by atoms with Crippen molar-refractivity contribution in [2.45, 2.75) is 26.7 Å². The van der Waals surface area contributed by atoms with Crippen LogP contribution in [0.1, 0.15) is 25.3 Å². The molecule has 0 spiro atoms. The maximum atomic E-state index is 5.98. The molecule has 0 atom stereocenters. The van der Waals surface area contributed by atoms with Crippen LogP contribution in [0, 0.1) is 12.8 Å².